The summed E-state index contributed by atoms with van der Waals surface area (Å²) < 4.78 is 0. The predicted molar refractivity (Wildman–Crippen MR) is 18.5 cm³/mol. The van der Waals surface area contributed by atoms with Gasteiger partial charge in [0.25, 0.3) is 0 Å². The molecule has 0 aromatic heterocycles. The van der Waals surface area contributed by atoms with Crippen molar-refractivity contribution in [3.05, 3.63) is 0 Å². The van der Waals surface area contributed by atoms with Crippen LogP contribution in [0.15, 0.2) is 0 Å². The largest absolute Gasteiger partial charge is 0 e. The summed E-state index contributed by atoms with van der Waals surface area (Å²) in [4.78, 5) is 0. The smallest absolute Gasteiger partial charge is 0 e. The first-order chi connectivity index (χ1) is 0. The molecule has 0 amide bonds. The molecule has 0 aliphatic rings. The quantitative estimate of drug-likeness (QED) is 0.450. The van der Waals surface area contributed by atoms with E-state index in [0.29, 0.717) is 0 Å². The second-order valence-corrected chi connectivity index (χ2v) is 0. The Morgan fingerprint density at radius 1 is 1.00 bits per heavy atom. The second-order valence-electron chi connectivity index (χ2n) is 0. The molecule has 0 aromatic carbocycles. The standard InChI is InChI=1S/Al.Fe.Mn.Sn.Ti.5H. The molecule has 31 valence electrons. The zero-order chi connectivity index (χ0) is 0. The van der Waals surface area contributed by atoms with Crippen molar-refractivity contribution in [2.75, 3.05) is 0 Å². The molecule has 0 bridgehead atoms. The van der Waals surface area contributed by atoms with Crippen molar-refractivity contribution < 1.29 is 55.9 Å². The predicted octanol–water partition coefficient (Wildman–Crippen LogP) is -2.11. The Kier molecular flexibility index (Phi) is 235. The van der Waals surface area contributed by atoms with Crippen LogP contribution in [-0.2, 0) is 55.9 Å². The van der Waals surface area contributed by atoms with Crippen LogP contribution in [0.5, 0.6) is 0 Å². The maximum Gasteiger partial charge on any atom is 0 e. The monoisotopic (exact) mass is 311 g/mol. The molecule has 0 spiro atoms. The van der Waals surface area contributed by atoms with Gasteiger partial charge in [-0.3, -0.25) is 0 Å². The van der Waals surface area contributed by atoms with E-state index in [4.69, 9.17) is 0 Å². The first kappa shape index (κ1) is 42.6. The Labute approximate surface area is 95.5 Å². The van der Waals surface area contributed by atoms with Crippen LogP contribution in [0.4, 0.5) is 0 Å². The minimum Gasteiger partial charge on any atom is 0 e. The Balaban J connectivity index is 0. The summed E-state index contributed by atoms with van der Waals surface area (Å²) in [5.41, 5.74) is 0. The van der Waals surface area contributed by atoms with E-state index in [1.807, 2.05) is 0 Å². The van der Waals surface area contributed by atoms with Gasteiger partial charge in [-0.25, -0.2) is 0 Å². The molecule has 5 heteroatoms. The molecule has 0 N–H and O–H groups in total. The molecule has 0 saturated heterocycles. The summed E-state index contributed by atoms with van der Waals surface area (Å²) in [6, 6.07) is 0. The van der Waals surface area contributed by atoms with Crippen LogP contribution >= 0.6 is 0 Å². The molecule has 0 nitrogen and oxygen atoms in total. The van der Waals surface area contributed by atoms with Crippen molar-refractivity contribution in [2.24, 2.45) is 0 Å². The van der Waals surface area contributed by atoms with Crippen molar-refractivity contribution in [2.45, 2.75) is 0 Å². The van der Waals surface area contributed by atoms with Crippen molar-refractivity contribution in [1.82, 2.24) is 0 Å². The van der Waals surface area contributed by atoms with E-state index in [0.717, 1.165) is 0 Å². The van der Waals surface area contributed by atoms with Crippen molar-refractivity contribution in [1.29, 1.82) is 0 Å². The van der Waals surface area contributed by atoms with Gasteiger partial charge in [0.2, 0.25) is 0 Å². The normalized spacial score (nSPS) is 0. The van der Waals surface area contributed by atoms with E-state index in [1.165, 1.54) is 0 Å². The van der Waals surface area contributed by atoms with Gasteiger partial charge in [0.05, 0.1) is 0 Å². The van der Waals surface area contributed by atoms with Gasteiger partial charge in [0.15, 0.2) is 17.4 Å². The van der Waals surface area contributed by atoms with Crippen molar-refractivity contribution in [3.8, 4) is 0 Å². The zero-order valence-electron chi connectivity index (χ0n) is 1.94. The average molecular weight is 309 g/mol. The van der Waals surface area contributed by atoms with Gasteiger partial charge >= 0.3 is 23.9 Å². The molecule has 3 radical (unpaired) electrons. The topological polar surface area (TPSA) is 0 Å². The third-order valence-electron chi connectivity index (χ3n) is 0. The minimum absolute atomic E-state index is 0. The van der Waals surface area contributed by atoms with Crippen LogP contribution in [-0.4, -0.2) is 41.3 Å². The Morgan fingerprint density at radius 2 is 1.00 bits per heavy atom. The van der Waals surface area contributed by atoms with Crippen molar-refractivity contribution in [3.63, 3.8) is 0 Å². The fourth-order valence-electron chi connectivity index (χ4n) is 0. The fraction of sp³-hybridized carbons (Fsp3) is 0. The third-order valence-corrected chi connectivity index (χ3v) is 0. The third kappa shape index (κ3) is 19.3. The van der Waals surface area contributed by atoms with E-state index in [9.17, 15) is 0 Å². The summed E-state index contributed by atoms with van der Waals surface area (Å²) in [5, 5.41) is 0. The van der Waals surface area contributed by atoms with E-state index in [1.54, 1.807) is 0 Å². The van der Waals surface area contributed by atoms with E-state index >= 15 is 0 Å². The van der Waals surface area contributed by atoms with Gasteiger partial charge in [-0.2, -0.15) is 0 Å². The molecule has 0 rings (SSSR count). The molecule has 0 heterocycles. The molecule has 0 aliphatic heterocycles. The molecule has 0 atom stereocenters. The Hall–Kier alpha value is 3.08. The SMILES string of the molecule is [AlH3].[Fe].[Mn].[SnH2].[Ti]. The Morgan fingerprint density at radius 3 is 1.00 bits per heavy atom. The molecule has 0 unspecified atom stereocenters. The summed E-state index contributed by atoms with van der Waals surface area (Å²) >= 11 is 0. The van der Waals surface area contributed by atoms with Crippen LogP contribution in [0, 0.1) is 0 Å². The maximum atomic E-state index is 0. The van der Waals surface area contributed by atoms with E-state index in [-0.39, 0.29) is 97.1 Å². The number of rotatable bonds is 0. The first-order valence-corrected chi connectivity index (χ1v) is 0. The van der Waals surface area contributed by atoms with Crippen LogP contribution in [0.25, 0.3) is 0 Å². The maximum absolute atomic E-state index is 0. The molecular formula is H5AlFeMnSnTi. The van der Waals surface area contributed by atoms with E-state index < -0.39 is 0 Å². The zero-order valence-corrected chi connectivity index (χ0v) is 9.82. The van der Waals surface area contributed by atoms with Crippen molar-refractivity contribution >= 4 is 41.3 Å². The average Bonchev–Trinajstić information content (AvgIpc) is 0. The van der Waals surface area contributed by atoms with Crippen LogP contribution in [0.3, 0.4) is 0 Å². The van der Waals surface area contributed by atoms with Crippen LogP contribution in [0.2, 0.25) is 0 Å². The number of hydrogen-bond acceptors (Lipinski definition) is 0. The molecule has 0 aliphatic carbocycles. The minimum atomic E-state index is 0. The summed E-state index contributed by atoms with van der Waals surface area (Å²) in [6.45, 7) is 0. The summed E-state index contributed by atoms with van der Waals surface area (Å²) in [5.74, 6) is 0. The number of hydrogen-bond donors (Lipinski definition) is 0. The Bertz CT molecular complexity index is 11.6. The van der Waals surface area contributed by atoms with E-state index in [2.05, 4.69) is 0 Å². The molecule has 0 saturated carbocycles. The summed E-state index contributed by atoms with van der Waals surface area (Å²) in [7, 11) is 0. The fourth-order valence-corrected chi connectivity index (χ4v) is 0. The molecular weight excluding hydrogens is 304 g/mol. The molecule has 0 fully saturated rings. The first-order valence-electron chi connectivity index (χ1n) is 0. The van der Waals surface area contributed by atoms with Gasteiger partial charge < -0.3 is 0 Å². The van der Waals surface area contributed by atoms with Gasteiger partial charge in [-0.15, -0.1) is 0 Å². The van der Waals surface area contributed by atoms with Gasteiger partial charge in [0, 0.05) is 55.9 Å². The second kappa shape index (κ2) is 27.6. The molecule has 5 heavy (non-hydrogen) atoms. The van der Waals surface area contributed by atoms with Gasteiger partial charge in [-0.1, -0.05) is 0 Å². The van der Waals surface area contributed by atoms with Gasteiger partial charge in [0.1, 0.15) is 0 Å². The van der Waals surface area contributed by atoms with Crippen LogP contribution in [0.1, 0.15) is 0 Å². The van der Waals surface area contributed by atoms with Gasteiger partial charge in [-0.05, 0) is 0 Å². The van der Waals surface area contributed by atoms with Crippen LogP contribution < -0.4 is 0 Å². The molecule has 0 aromatic rings. The summed E-state index contributed by atoms with van der Waals surface area (Å²) in [6.07, 6.45) is 0.